The number of methoxy groups -OCH3 is 1. The summed E-state index contributed by atoms with van der Waals surface area (Å²) in [5, 5.41) is 2.95. The summed E-state index contributed by atoms with van der Waals surface area (Å²) in [5.74, 6) is 0.561. The molecule has 0 spiro atoms. The largest absolute Gasteiger partial charge is 0.497 e. The second-order valence-corrected chi connectivity index (χ2v) is 9.75. The Morgan fingerprint density at radius 2 is 1.79 bits per heavy atom. The number of hydrogen-bond acceptors (Lipinski definition) is 7. The molecule has 0 unspecified atom stereocenters. The predicted octanol–water partition coefficient (Wildman–Crippen LogP) is 4.23. The van der Waals surface area contributed by atoms with E-state index in [2.05, 4.69) is 25.0 Å². The zero-order valence-corrected chi connectivity index (χ0v) is 18.8. The molecule has 5 aromatic rings. The van der Waals surface area contributed by atoms with Crippen LogP contribution in [0.2, 0.25) is 0 Å². The lowest BCUT2D eigenvalue weighted by molar-refractivity contribution is 0.102. The van der Waals surface area contributed by atoms with Gasteiger partial charge >= 0.3 is 0 Å². The van der Waals surface area contributed by atoms with E-state index in [-0.39, 0.29) is 15.9 Å². The highest BCUT2D eigenvalue weighted by Crippen LogP contribution is 2.29. The number of amides is 1. The number of imidazole rings is 1. The first-order valence-electron chi connectivity index (χ1n) is 9.75. The highest BCUT2D eigenvalue weighted by atomic mass is 32.2. The molecular formula is C22H17N5O4S2. The maximum absolute atomic E-state index is 12.7. The molecule has 0 bridgehead atoms. The van der Waals surface area contributed by atoms with Crippen LogP contribution in [-0.2, 0) is 10.0 Å². The van der Waals surface area contributed by atoms with Crippen LogP contribution in [0.15, 0.2) is 71.6 Å². The van der Waals surface area contributed by atoms with E-state index in [4.69, 9.17) is 4.74 Å². The van der Waals surface area contributed by atoms with Crippen LogP contribution in [0.4, 0.5) is 11.1 Å². The Bertz CT molecular complexity index is 1560. The van der Waals surface area contributed by atoms with Crippen molar-refractivity contribution in [1.29, 1.82) is 0 Å². The second kappa shape index (κ2) is 8.19. The first-order chi connectivity index (χ1) is 15.9. The Balaban J connectivity index is 1.36. The molecule has 3 aromatic carbocycles. The number of nitrogens with one attached hydrogen (secondary N) is 3. The fourth-order valence-electron chi connectivity index (χ4n) is 3.23. The lowest BCUT2D eigenvalue weighted by atomic mass is 10.2. The first-order valence-corrected chi connectivity index (χ1v) is 12.0. The number of nitrogens with zero attached hydrogens (tertiary/aromatic N) is 2. The summed E-state index contributed by atoms with van der Waals surface area (Å²) in [5.41, 5.74) is 2.54. The SMILES string of the molecule is COc1ccc(S(=O)(=O)Nc2nc3ccc(C(=O)Nc4nc5ccccc5[nH]4)cc3s2)cc1. The van der Waals surface area contributed by atoms with Crippen molar-refractivity contribution >= 4 is 59.6 Å². The molecule has 2 aromatic heterocycles. The molecule has 0 aliphatic heterocycles. The van der Waals surface area contributed by atoms with Crippen molar-refractivity contribution in [3.05, 3.63) is 72.3 Å². The van der Waals surface area contributed by atoms with Gasteiger partial charge in [-0.15, -0.1) is 0 Å². The van der Waals surface area contributed by atoms with Crippen LogP contribution >= 0.6 is 11.3 Å². The molecule has 0 aliphatic rings. The highest BCUT2D eigenvalue weighted by Gasteiger charge is 2.18. The fourth-order valence-corrected chi connectivity index (χ4v) is 5.37. The molecule has 2 heterocycles. The van der Waals surface area contributed by atoms with E-state index in [0.29, 0.717) is 27.5 Å². The van der Waals surface area contributed by atoms with Gasteiger partial charge in [0.25, 0.3) is 15.9 Å². The van der Waals surface area contributed by atoms with Crippen molar-refractivity contribution in [2.45, 2.75) is 4.90 Å². The van der Waals surface area contributed by atoms with Gasteiger partial charge in [-0.3, -0.25) is 14.8 Å². The van der Waals surface area contributed by atoms with E-state index >= 15 is 0 Å². The van der Waals surface area contributed by atoms with E-state index in [9.17, 15) is 13.2 Å². The zero-order valence-electron chi connectivity index (χ0n) is 17.2. The molecule has 9 nitrogen and oxygen atoms in total. The van der Waals surface area contributed by atoms with Gasteiger partial charge in [-0.1, -0.05) is 23.5 Å². The van der Waals surface area contributed by atoms with Crippen LogP contribution in [-0.4, -0.2) is 36.4 Å². The number of aromatic amines is 1. The number of aromatic nitrogens is 3. The van der Waals surface area contributed by atoms with Gasteiger partial charge in [0.2, 0.25) is 5.95 Å². The topological polar surface area (TPSA) is 126 Å². The van der Waals surface area contributed by atoms with E-state index in [1.54, 1.807) is 30.3 Å². The van der Waals surface area contributed by atoms with E-state index in [1.807, 2.05) is 24.3 Å². The number of thiazole rings is 1. The summed E-state index contributed by atoms with van der Waals surface area (Å²) >= 11 is 1.14. The third kappa shape index (κ3) is 4.23. The molecule has 0 aliphatic carbocycles. The van der Waals surface area contributed by atoms with E-state index in [1.165, 1.54) is 19.2 Å². The number of ether oxygens (including phenoxy) is 1. The molecule has 1 amide bonds. The minimum absolute atomic E-state index is 0.0912. The van der Waals surface area contributed by atoms with Gasteiger partial charge < -0.3 is 9.72 Å². The van der Waals surface area contributed by atoms with Crippen molar-refractivity contribution in [2.24, 2.45) is 0 Å². The maximum atomic E-state index is 12.7. The van der Waals surface area contributed by atoms with Gasteiger partial charge in [0.05, 0.1) is 33.3 Å². The fraction of sp³-hybridized carbons (Fsp3) is 0.0455. The quantitative estimate of drug-likeness (QED) is 0.335. The molecule has 0 fully saturated rings. The molecule has 0 saturated carbocycles. The Morgan fingerprint density at radius 1 is 1.00 bits per heavy atom. The number of para-hydroxylation sites is 2. The molecule has 0 atom stereocenters. The molecule has 3 N–H and O–H groups in total. The smallest absolute Gasteiger partial charge is 0.263 e. The van der Waals surface area contributed by atoms with Crippen molar-refractivity contribution in [3.8, 4) is 5.75 Å². The van der Waals surface area contributed by atoms with Gasteiger partial charge in [-0.25, -0.2) is 18.4 Å². The normalized spacial score (nSPS) is 11.5. The summed E-state index contributed by atoms with van der Waals surface area (Å²) in [6.45, 7) is 0. The molecule has 33 heavy (non-hydrogen) atoms. The number of anilines is 2. The summed E-state index contributed by atoms with van der Waals surface area (Å²) < 4.78 is 33.6. The van der Waals surface area contributed by atoms with Gasteiger partial charge in [0, 0.05) is 5.56 Å². The lowest BCUT2D eigenvalue weighted by Crippen LogP contribution is -2.12. The number of benzene rings is 3. The van der Waals surface area contributed by atoms with Crippen molar-refractivity contribution < 1.29 is 17.9 Å². The molecule has 166 valence electrons. The number of fused-ring (bicyclic) bond motifs is 2. The number of carbonyl (C=O) groups is 1. The molecule has 0 saturated heterocycles. The monoisotopic (exact) mass is 479 g/mol. The molecule has 5 rings (SSSR count). The summed E-state index contributed by atoms with van der Waals surface area (Å²) in [7, 11) is -2.31. The minimum atomic E-state index is -3.82. The molecule has 0 radical (unpaired) electrons. The summed E-state index contributed by atoms with van der Waals surface area (Å²) in [4.78, 5) is 24.5. The number of sulfonamides is 1. The highest BCUT2D eigenvalue weighted by molar-refractivity contribution is 7.93. The Hall–Kier alpha value is -3.96. The Morgan fingerprint density at radius 3 is 2.55 bits per heavy atom. The third-order valence-electron chi connectivity index (χ3n) is 4.86. The number of H-pyrrole nitrogens is 1. The average molecular weight is 480 g/mol. The molecule has 11 heteroatoms. The van der Waals surface area contributed by atoms with Crippen molar-refractivity contribution in [3.63, 3.8) is 0 Å². The average Bonchev–Trinajstić information content (AvgIpc) is 3.40. The van der Waals surface area contributed by atoms with Crippen LogP contribution in [0.25, 0.3) is 21.3 Å². The Labute approximate surface area is 192 Å². The van der Waals surface area contributed by atoms with Crippen LogP contribution in [0.5, 0.6) is 5.75 Å². The first kappa shape index (κ1) is 20.9. The van der Waals surface area contributed by atoms with Gasteiger partial charge in [-0.2, -0.15) is 0 Å². The lowest BCUT2D eigenvalue weighted by Gasteiger charge is -2.05. The van der Waals surface area contributed by atoms with Crippen LogP contribution < -0.4 is 14.8 Å². The second-order valence-electron chi connectivity index (χ2n) is 7.04. The minimum Gasteiger partial charge on any atom is -0.497 e. The van der Waals surface area contributed by atoms with Gasteiger partial charge in [0.1, 0.15) is 5.75 Å². The zero-order chi connectivity index (χ0) is 23.0. The Kier molecular flexibility index (Phi) is 5.19. The number of rotatable bonds is 6. The molecular weight excluding hydrogens is 462 g/mol. The summed E-state index contributed by atoms with van der Waals surface area (Å²) in [6, 6.07) is 18.5. The number of hydrogen-bond donors (Lipinski definition) is 3. The predicted molar refractivity (Wildman–Crippen MR) is 127 cm³/mol. The third-order valence-corrected chi connectivity index (χ3v) is 7.28. The van der Waals surface area contributed by atoms with Crippen molar-refractivity contribution in [1.82, 2.24) is 15.0 Å². The van der Waals surface area contributed by atoms with Crippen LogP contribution in [0, 0.1) is 0 Å². The van der Waals surface area contributed by atoms with E-state index in [0.717, 1.165) is 22.4 Å². The van der Waals surface area contributed by atoms with E-state index < -0.39 is 10.0 Å². The van der Waals surface area contributed by atoms with Crippen LogP contribution in [0.1, 0.15) is 10.4 Å². The number of carbonyl (C=O) groups excluding carboxylic acids is 1. The summed E-state index contributed by atoms with van der Waals surface area (Å²) in [6.07, 6.45) is 0. The maximum Gasteiger partial charge on any atom is 0.263 e. The van der Waals surface area contributed by atoms with Gasteiger partial charge in [0.15, 0.2) is 5.13 Å². The van der Waals surface area contributed by atoms with Gasteiger partial charge in [-0.05, 0) is 54.6 Å². The standard InChI is InChI=1S/C22H17N5O4S2/c1-31-14-7-9-15(10-8-14)33(29,30)27-22-25-18-11-6-13(12-19(18)32-22)20(28)26-21-23-16-4-2-3-5-17(16)24-21/h2-12H,1H3,(H,25,27)(H2,23,24,26,28). The van der Waals surface area contributed by atoms with Crippen molar-refractivity contribution in [2.75, 3.05) is 17.1 Å². The van der Waals surface area contributed by atoms with Crippen LogP contribution in [0.3, 0.4) is 0 Å².